The van der Waals surface area contributed by atoms with Gasteiger partial charge in [0.2, 0.25) is 0 Å². The van der Waals surface area contributed by atoms with Gasteiger partial charge in [0.25, 0.3) is 0 Å². The zero-order valence-electron chi connectivity index (χ0n) is 12.0. The van der Waals surface area contributed by atoms with Crippen molar-refractivity contribution in [2.75, 3.05) is 17.6 Å². The van der Waals surface area contributed by atoms with E-state index in [9.17, 15) is 4.79 Å². The molecule has 2 rings (SSSR count). The van der Waals surface area contributed by atoms with Crippen LogP contribution in [0.5, 0.6) is 0 Å². The normalized spacial score (nSPS) is 10.3. The predicted octanol–water partition coefficient (Wildman–Crippen LogP) is 2.60. The molecular formula is C14H19N5OS. The molecule has 0 spiro atoms. The molecule has 0 saturated heterocycles. The number of imidazole rings is 1. The largest absolute Gasteiger partial charge is 0.338 e. The minimum atomic E-state index is -0.210. The van der Waals surface area contributed by atoms with Gasteiger partial charge in [-0.3, -0.25) is 0 Å². The number of carbonyl (C=O) groups excluding carboxylic acids is 1. The first kappa shape index (κ1) is 15.4. The van der Waals surface area contributed by atoms with Gasteiger partial charge in [-0.25, -0.2) is 14.8 Å². The van der Waals surface area contributed by atoms with Gasteiger partial charge in [0, 0.05) is 25.5 Å². The average Bonchev–Trinajstić information content (AvgIpc) is 2.99. The molecule has 0 fully saturated rings. The number of hydrogen-bond acceptors (Lipinski definition) is 4. The van der Waals surface area contributed by atoms with Crippen LogP contribution in [-0.4, -0.2) is 32.9 Å². The summed E-state index contributed by atoms with van der Waals surface area (Å²) in [5, 5.41) is 6.54. The second-order valence-corrected chi connectivity index (χ2v) is 5.64. The molecule has 21 heavy (non-hydrogen) atoms. The summed E-state index contributed by atoms with van der Waals surface area (Å²) < 4.78 is 1.98. The van der Waals surface area contributed by atoms with Crippen LogP contribution in [-0.2, 0) is 6.54 Å². The fourth-order valence-electron chi connectivity index (χ4n) is 1.75. The predicted molar refractivity (Wildman–Crippen MR) is 84.5 cm³/mol. The number of anilines is 1. The summed E-state index contributed by atoms with van der Waals surface area (Å²) in [6.07, 6.45) is 7.94. The van der Waals surface area contributed by atoms with E-state index in [1.54, 1.807) is 30.5 Å². The van der Waals surface area contributed by atoms with E-state index < -0.39 is 0 Å². The highest BCUT2D eigenvalue weighted by Gasteiger charge is 2.02. The van der Waals surface area contributed by atoms with Crippen LogP contribution in [0.15, 0.2) is 42.1 Å². The second-order valence-electron chi connectivity index (χ2n) is 4.35. The molecule has 2 aromatic heterocycles. The number of nitrogens with one attached hydrogen (secondary N) is 2. The molecule has 2 amide bonds. The third-order valence-corrected chi connectivity index (χ3v) is 3.55. The molecule has 0 aliphatic carbocycles. The van der Waals surface area contributed by atoms with Gasteiger partial charge in [-0.1, -0.05) is 6.92 Å². The van der Waals surface area contributed by atoms with Gasteiger partial charge < -0.3 is 15.2 Å². The number of pyridine rings is 1. The van der Waals surface area contributed by atoms with Gasteiger partial charge in [-0.2, -0.15) is 0 Å². The summed E-state index contributed by atoms with van der Waals surface area (Å²) in [5.41, 5.74) is 0.697. The topological polar surface area (TPSA) is 71.8 Å². The van der Waals surface area contributed by atoms with Crippen LogP contribution < -0.4 is 10.6 Å². The van der Waals surface area contributed by atoms with Crippen molar-refractivity contribution in [1.82, 2.24) is 19.9 Å². The van der Waals surface area contributed by atoms with Crippen molar-refractivity contribution >= 4 is 23.5 Å². The molecule has 112 valence electrons. The summed E-state index contributed by atoms with van der Waals surface area (Å²) in [6, 6.07) is 3.55. The Balaban J connectivity index is 1.66. The minimum Gasteiger partial charge on any atom is -0.338 e. The van der Waals surface area contributed by atoms with Crippen molar-refractivity contribution in [3.63, 3.8) is 0 Å². The lowest BCUT2D eigenvalue weighted by molar-refractivity contribution is 0.252. The Kier molecular flexibility index (Phi) is 6.08. The van der Waals surface area contributed by atoms with E-state index in [0.29, 0.717) is 12.2 Å². The molecule has 7 heteroatoms. The maximum Gasteiger partial charge on any atom is 0.319 e. The van der Waals surface area contributed by atoms with Gasteiger partial charge in [-0.15, -0.1) is 11.8 Å². The van der Waals surface area contributed by atoms with E-state index >= 15 is 0 Å². The fraction of sp³-hybridized carbons (Fsp3) is 0.357. The van der Waals surface area contributed by atoms with Crippen molar-refractivity contribution in [3.8, 4) is 0 Å². The summed E-state index contributed by atoms with van der Waals surface area (Å²) in [7, 11) is 0. The lowest BCUT2D eigenvalue weighted by Crippen LogP contribution is -2.30. The quantitative estimate of drug-likeness (QED) is 0.609. The van der Waals surface area contributed by atoms with Crippen LogP contribution >= 0.6 is 11.8 Å². The maximum atomic E-state index is 11.7. The van der Waals surface area contributed by atoms with E-state index in [1.165, 1.54) is 0 Å². The van der Waals surface area contributed by atoms with Gasteiger partial charge in [0.05, 0.1) is 23.2 Å². The number of amides is 2. The van der Waals surface area contributed by atoms with E-state index in [0.717, 1.165) is 23.7 Å². The third-order valence-electron chi connectivity index (χ3n) is 2.72. The average molecular weight is 305 g/mol. The molecule has 2 aromatic rings. The van der Waals surface area contributed by atoms with Gasteiger partial charge >= 0.3 is 6.03 Å². The molecule has 0 aliphatic rings. The Labute approximate surface area is 128 Å². The van der Waals surface area contributed by atoms with Crippen molar-refractivity contribution in [1.29, 1.82) is 0 Å². The third kappa shape index (κ3) is 5.47. The van der Waals surface area contributed by atoms with Crippen LogP contribution in [0, 0.1) is 0 Å². The molecule has 0 saturated carbocycles. The zero-order chi connectivity index (χ0) is 14.9. The second kappa shape index (κ2) is 8.31. The summed E-state index contributed by atoms with van der Waals surface area (Å²) in [4.78, 5) is 19.9. The van der Waals surface area contributed by atoms with Crippen LogP contribution in [0.2, 0.25) is 0 Å². The molecule has 2 heterocycles. The molecule has 0 aromatic carbocycles. The molecule has 2 N–H and O–H groups in total. The Morgan fingerprint density at radius 3 is 3.00 bits per heavy atom. The highest BCUT2D eigenvalue weighted by Crippen LogP contribution is 2.16. The van der Waals surface area contributed by atoms with Crippen molar-refractivity contribution in [2.45, 2.75) is 24.9 Å². The molecule has 0 unspecified atom stereocenters. The standard InChI is InChI=1S/C14H19N5OS/c1-2-21-13-5-4-12(10-17-13)18-14(20)16-6-3-8-19-9-7-15-11-19/h4-5,7,9-11H,2-3,6,8H2,1H3,(H2,16,18,20). The van der Waals surface area contributed by atoms with Crippen LogP contribution in [0.25, 0.3) is 0 Å². The van der Waals surface area contributed by atoms with Gasteiger partial charge in [-0.05, 0) is 24.3 Å². The minimum absolute atomic E-state index is 0.210. The number of aryl methyl sites for hydroxylation is 1. The van der Waals surface area contributed by atoms with Crippen molar-refractivity contribution in [3.05, 3.63) is 37.1 Å². The highest BCUT2D eigenvalue weighted by molar-refractivity contribution is 7.99. The summed E-state index contributed by atoms with van der Waals surface area (Å²) in [6.45, 7) is 3.53. The molecular weight excluding hydrogens is 286 g/mol. The number of hydrogen-bond donors (Lipinski definition) is 2. The summed E-state index contributed by atoms with van der Waals surface area (Å²) >= 11 is 1.67. The summed E-state index contributed by atoms with van der Waals surface area (Å²) in [5.74, 6) is 0.983. The Hall–Kier alpha value is -2.02. The van der Waals surface area contributed by atoms with Crippen LogP contribution in [0.4, 0.5) is 10.5 Å². The smallest absolute Gasteiger partial charge is 0.319 e. The van der Waals surface area contributed by atoms with Crippen molar-refractivity contribution < 1.29 is 4.79 Å². The van der Waals surface area contributed by atoms with Crippen LogP contribution in [0.1, 0.15) is 13.3 Å². The van der Waals surface area contributed by atoms with E-state index in [1.807, 2.05) is 22.9 Å². The van der Waals surface area contributed by atoms with E-state index in [4.69, 9.17) is 0 Å². The van der Waals surface area contributed by atoms with E-state index in [2.05, 4.69) is 27.5 Å². The Morgan fingerprint density at radius 1 is 1.43 bits per heavy atom. The molecule has 0 bridgehead atoms. The number of thioether (sulfide) groups is 1. The lowest BCUT2D eigenvalue weighted by Gasteiger charge is -2.08. The zero-order valence-corrected chi connectivity index (χ0v) is 12.8. The van der Waals surface area contributed by atoms with Gasteiger partial charge in [0.1, 0.15) is 0 Å². The highest BCUT2D eigenvalue weighted by atomic mass is 32.2. The molecule has 0 atom stereocenters. The first-order valence-corrected chi connectivity index (χ1v) is 7.86. The Bertz CT molecular complexity index is 541. The number of urea groups is 1. The number of rotatable bonds is 7. The maximum absolute atomic E-state index is 11.7. The lowest BCUT2D eigenvalue weighted by atomic mass is 10.4. The van der Waals surface area contributed by atoms with Gasteiger partial charge in [0.15, 0.2) is 0 Å². The number of nitrogens with zero attached hydrogens (tertiary/aromatic N) is 3. The van der Waals surface area contributed by atoms with Crippen molar-refractivity contribution in [2.24, 2.45) is 0 Å². The number of carbonyl (C=O) groups is 1. The SMILES string of the molecule is CCSc1ccc(NC(=O)NCCCn2ccnc2)cn1. The fourth-order valence-corrected chi connectivity index (χ4v) is 2.33. The first-order valence-electron chi connectivity index (χ1n) is 6.87. The molecule has 0 radical (unpaired) electrons. The molecule has 0 aliphatic heterocycles. The monoisotopic (exact) mass is 305 g/mol. The van der Waals surface area contributed by atoms with Crippen LogP contribution in [0.3, 0.4) is 0 Å². The number of aromatic nitrogens is 3. The first-order chi connectivity index (χ1) is 10.3. The van der Waals surface area contributed by atoms with E-state index in [-0.39, 0.29) is 6.03 Å². The Morgan fingerprint density at radius 2 is 2.33 bits per heavy atom. The molecule has 6 nitrogen and oxygen atoms in total.